The largest absolute Gasteiger partial charge is 0.384 e. The number of morpholine rings is 1. The van der Waals surface area contributed by atoms with Crippen LogP contribution < -0.4 is 0 Å². The summed E-state index contributed by atoms with van der Waals surface area (Å²) in [6.45, 7) is 8.49. The second-order valence-corrected chi connectivity index (χ2v) is 7.42. The van der Waals surface area contributed by atoms with E-state index in [-0.39, 0.29) is 5.92 Å². The van der Waals surface area contributed by atoms with Gasteiger partial charge in [-0.2, -0.15) is 0 Å². The van der Waals surface area contributed by atoms with Crippen LogP contribution in [-0.2, 0) is 10.3 Å². The van der Waals surface area contributed by atoms with Crippen molar-refractivity contribution in [1.29, 1.82) is 0 Å². The predicted octanol–water partition coefficient (Wildman–Crippen LogP) is 4.10. The molecule has 0 aliphatic carbocycles. The Hall–Kier alpha value is -1.68. The van der Waals surface area contributed by atoms with Crippen LogP contribution in [0, 0.1) is 6.92 Å². The average molecular weight is 354 g/mol. The van der Waals surface area contributed by atoms with Gasteiger partial charge in [0.25, 0.3) is 0 Å². The normalized spacial score (nSPS) is 19.0. The van der Waals surface area contributed by atoms with E-state index >= 15 is 0 Å². The number of aryl methyl sites for hydroxylation is 1. The molecule has 0 bridgehead atoms. The highest BCUT2D eigenvalue weighted by Crippen LogP contribution is 2.41. The van der Waals surface area contributed by atoms with E-state index in [4.69, 9.17) is 4.74 Å². The van der Waals surface area contributed by atoms with Crippen LogP contribution >= 0.6 is 0 Å². The van der Waals surface area contributed by atoms with E-state index in [1.165, 1.54) is 11.1 Å². The third-order valence-electron chi connectivity index (χ3n) is 5.51. The van der Waals surface area contributed by atoms with Crippen molar-refractivity contribution < 1.29 is 9.84 Å². The number of benzene rings is 2. The smallest absolute Gasteiger partial charge is 0.0976 e. The molecule has 1 saturated heterocycles. The summed E-state index contributed by atoms with van der Waals surface area (Å²) in [6, 6.07) is 18.9. The van der Waals surface area contributed by atoms with E-state index < -0.39 is 5.60 Å². The molecule has 3 nitrogen and oxygen atoms in total. The Bertz CT molecular complexity index is 664. The van der Waals surface area contributed by atoms with Crippen LogP contribution in [-0.4, -0.2) is 42.9 Å². The Morgan fingerprint density at radius 1 is 1.04 bits per heavy atom. The Morgan fingerprint density at radius 3 is 2.31 bits per heavy atom. The van der Waals surface area contributed by atoms with Crippen molar-refractivity contribution >= 4 is 0 Å². The number of hydrogen-bond acceptors (Lipinski definition) is 3. The predicted molar refractivity (Wildman–Crippen MR) is 106 cm³/mol. The van der Waals surface area contributed by atoms with Crippen molar-refractivity contribution in [3.63, 3.8) is 0 Å². The summed E-state index contributed by atoms with van der Waals surface area (Å²) in [5.74, 6) is 0.0319. The third-order valence-corrected chi connectivity index (χ3v) is 5.51. The minimum Gasteiger partial charge on any atom is -0.384 e. The first kappa shape index (κ1) is 19.1. The lowest BCUT2D eigenvalue weighted by atomic mass is 9.74. The van der Waals surface area contributed by atoms with Crippen molar-refractivity contribution in [2.45, 2.75) is 38.2 Å². The molecule has 1 heterocycles. The molecule has 0 unspecified atom stereocenters. The summed E-state index contributed by atoms with van der Waals surface area (Å²) in [4.78, 5) is 2.43. The zero-order valence-electron chi connectivity index (χ0n) is 16.0. The van der Waals surface area contributed by atoms with E-state index in [1.807, 2.05) is 6.07 Å². The van der Waals surface area contributed by atoms with Gasteiger partial charge in [-0.15, -0.1) is 0 Å². The van der Waals surface area contributed by atoms with Gasteiger partial charge in [-0.3, -0.25) is 4.90 Å². The summed E-state index contributed by atoms with van der Waals surface area (Å²) in [7, 11) is 0. The maximum Gasteiger partial charge on any atom is 0.0976 e. The Morgan fingerprint density at radius 2 is 1.69 bits per heavy atom. The maximum atomic E-state index is 12.0. The summed E-state index contributed by atoms with van der Waals surface area (Å²) in [5.41, 5.74) is 2.57. The fourth-order valence-electron chi connectivity index (χ4n) is 4.00. The van der Waals surface area contributed by atoms with Crippen LogP contribution in [0.15, 0.2) is 54.6 Å². The summed E-state index contributed by atoms with van der Waals surface area (Å²) in [5, 5.41) is 12.0. The molecule has 3 heteroatoms. The van der Waals surface area contributed by atoms with Gasteiger partial charge in [0.2, 0.25) is 0 Å². The zero-order valence-corrected chi connectivity index (χ0v) is 16.0. The van der Waals surface area contributed by atoms with Gasteiger partial charge in [0.15, 0.2) is 0 Å². The topological polar surface area (TPSA) is 32.7 Å². The molecule has 1 aliphatic rings. The van der Waals surface area contributed by atoms with Crippen LogP contribution in [0.2, 0.25) is 0 Å². The third kappa shape index (κ3) is 4.35. The van der Waals surface area contributed by atoms with Crippen LogP contribution in [0.1, 0.15) is 42.4 Å². The van der Waals surface area contributed by atoms with Crippen molar-refractivity contribution in [2.75, 3.05) is 32.8 Å². The van der Waals surface area contributed by atoms with Gasteiger partial charge in [-0.05, 0) is 24.5 Å². The van der Waals surface area contributed by atoms with Gasteiger partial charge in [0, 0.05) is 25.6 Å². The van der Waals surface area contributed by atoms with E-state index in [0.29, 0.717) is 0 Å². The lowest BCUT2D eigenvalue weighted by molar-refractivity contribution is -0.0285. The molecule has 1 fully saturated rings. The molecule has 1 aliphatic heterocycles. The first-order valence-electron chi connectivity index (χ1n) is 9.78. The summed E-state index contributed by atoms with van der Waals surface area (Å²) >= 11 is 0. The minimum absolute atomic E-state index is 0.0319. The van der Waals surface area contributed by atoms with Crippen LogP contribution in [0.4, 0.5) is 0 Å². The zero-order chi connectivity index (χ0) is 18.4. The Labute approximate surface area is 157 Å². The van der Waals surface area contributed by atoms with E-state index in [2.05, 4.69) is 67.3 Å². The molecule has 0 amide bonds. The highest BCUT2D eigenvalue weighted by atomic mass is 16.5. The monoisotopic (exact) mass is 353 g/mol. The number of rotatable bonds is 7. The molecule has 0 saturated carbocycles. The maximum absolute atomic E-state index is 12.0. The fourth-order valence-corrected chi connectivity index (χ4v) is 4.00. The van der Waals surface area contributed by atoms with Gasteiger partial charge in [0.05, 0.1) is 18.8 Å². The van der Waals surface area contributed by atoms with Gasteiger partial charge in [-0.25, -0.2) is 0 Å². The molecule has 140 valence electrons. The Balaban J connectivity index is 1.99. The molecular formula is C23H31NO2. The van der Waals surface area contributed by atoms with Gasteiger partial charge in [-0.1, -0.05) is 73.5 Å². The molecule has 0 radical (unpaired) electrons. The van der Waals surface area contributed by atoms with Crippen molar-refractivity contribution in [2.24, 2.45) is 0 Å². The van der Waals surface area contributed by atoms with Gasteiger partial charge < -0.3 is 9.84 Å². The quantitative estimate of drug-likeness (QED) is 0.813. The summed E-state index contributed by atoms with van der Waals surface area (Å²) < 4.78 is 5.51. The lowest BCUT2D eigenvalue weighted by Crippen LogP contribution is -2.45. The SMILES string of the molecule is CCC[C@](O)(c1ccc(C)cc1)[C@H](CN1CCOCC1)c1ccccc1. The minimum atomic E-state index is -0.873. The molecule has 26 heavy (non-hydrogen) atoms. The van der Waals surface area contributed by atoms with Crippen molar-refractivity contribution in [1.82, 2.24) is 4.90 Å². The second kappa shape index (κ2) is 8.81. The molecule has 1 N–H and O–H groups in total. The van der Waals surface area contributed by atoms with E-state index in [1.54, 1.807) is 0 Å². The number of ether oxygens (including phenoxy) is 1. The van der Waals surface area contributed by atoms with E-state index in [9.17, 15) is 5.11 Å². The number of aliphatic hydroxyl groups is 1. The van der Waals surface area contributed by atoms with Gasteiger partial charge in [0.1, 0.15) is 0 Å². The molecule has 2 aromatic carbocycles. The second-order valence-electron chi connectivity index (χ2n) is 7.42. The van der Waals surface area contributed by atoms with Crippen LogP contribution in [0.3, 0.4) is 0 Å². The van der Waals surface area contributed by atoms with Crippen LogP contribution in [0.25, 0.3) is 0 Å². The molecule has 0 aromatic heterocycles. The van der Waals surface area contributed by atoms with Crippen LogP contribution in [0.5, 0.6) is 0 Å². The van der Waals surface area contributed by atoms with Crippen molar-refractivity contribution in [3.8, 4) is 0 Å². The molecule has 3 rings (SSSR count). The molecule has 0 spiro atoms. The molecule has 2 aromatic rings. The van der Waals surface area contributed by atoms with Gasteiger partial charge >= 0.3 is 0 Å². The van der Waals surface area contributed by atoms with E-state index in [0.717, 1.165) is 51.3 Å². The number of hydrogen-bond donors (Lipinski definition) is 1. The number of nitrogens with zero attached hydrogens (tertiary/aromatic N) is 1. The average Bonchev–Trinajstić information content (AvgIpc) is 2.68. The van der Waals surface area contributed by atoms with Crippen molar-refractivity contribution in [3.05, 3.63) is 71.3 Å². The molecule has 2 atom stereocenters. The molecular weight excluding hydrogens is 322 g/mol. The first-order chi connectivity index (χ1) is 12.6. The Kier molecular flexibility index (Phi) is 6.47. The first-order valence-corrected chi connectivity index (χ1v) is 9.78. The fraction of sp³-hybridized carbons (Fsp3) is 0.478. The highest BCUT2D eigenvalue weighted by Gasteiger charge is 2.39. The standard InChI is InChI=1S/C23H31NO2/c1-3-13-23(25,21-11-9-19(2)10-12-21)22(20-7-5-4-6-8-20)18-24-14-16-26-17-15-24/h4-12,22,25H,3,13-18H2,1-2H3/t22-,23+/m1/s1. The highest BCUT2D eigenvalue weighted by molar-refractivity contribution is 5.33. The summed E-state index contributed by atoms with van der Waals surface area (Å²) in [6.07, 6.45) is 1.69. The lowest BCUT2D eigenvalue weighted by Gasteiger charge is -2.41.